The van der Waals surface area contributed by atoms with Crippen molar-refractivity contribution in [2.24, 2.45) is 0 Å². The third-order valence-corrected chi connectivity index (χ3v) is 4.67. The highest BCUT2D eigenvalue weighted by atomic mass is 16.6. The first kappa shape index (κ1) is 18.4. The van der Waals surface area contributed by atoms with Crippen molar-refractivity contribution in [3.05, 3.63) is 95.4 Å². The average molecular weight is 410 g/mol. The number of nitro benzene ring substituents is 1. The van der Waals surface area contributed by atoms with E-state index >= 15 is 0 Å². The zero-order chi connectivity index (χ0) is 21.2. The van der Waals surface area contributed by atoms with Gasteiger partial charge in [-0.15, -0.1) is 10.2 Å². The van der Waals surface area contributed by atoms with E-state index in [0.29, 0.717) is 28.6 Å². The van der Waals surface area contributed by atoms with Crippen molar-refractivity contribution >= 4 is 5.69 Å². The summed E-state index contributed by atoms with van der Waals surface area (Å²) in [5, 5.41) is 24.1. The van der Waals surface area contributed by atoms with Gasteiger partial charge in [0.1, 0.15) is 5.69 Å². The molecule has 31 heavy (non-hydrogen) atoms. The van der Waals surface area contributed by atoms with Crippen molar-refractivity contribution in [1.29, 1.82) is 0 Å². The minimum atomic E-state index is -0.438. The fourth-order valence-corrected chi connectivity index (χ4v) is 3.14. The maximum atomic E-state index is 11.0. The van der Waals surface area contributed by atoms with Gasteiger partial charge in [0.15, 0.2) is 0 Å². The molecule has 3 aromatic heterocycles. The molecule has 9 heteroatoms. The molecular weight excluding hydrogens is 396 g/mol. The SMILES string of the molecule is O=[N+]([O-])c1ccc(-c2nn(-c3ccccc3)cc2-c2nnc(-c3ccncc3)o2)cc1. The van der Waals surface area contributed by atoms with Crippen LogP contribution in [-0.4, -0.2) is 29.9 Å². The third-order valence-electron chi connectivity index (χ3n) is 4.67. The number of pyridine rings is 1. The molecule has 3 heterocycles. The molecule has 0 bridgehead atoms. The monoisotopic (exact) mass is 410 g/mol. The predicted molar refractivity (Wildman–Crippen MR) is 112 cm³/mol. The van der Waals surface area contributed by atoms with Crippen molar-refractivity contribution < 1.29 is 9.34 Å². The second kappa shape index (κ2) is 7.64. The van der Waals surface area contributed by atoms with Gasteiger partial charge in [-0.3, -0.25) is 15.1 Å². The molecule has 0 fully saturated rings. The van der Waals surface area contributed by atoms with Gasteiger partial charge in [0, 0.05) is 41.9 Å². The first-order chi connectivity index (χ1) is 15.2. The smallest absolute Gasteiger partial charge is 0.269 e. The van der Waals surface area contributed by atoms with Crippen molar-refractivity contribution in [3.63, 3.8) is 0 Å². The maximum absolute atomic E-state index is 11.0. The van der Waals surface area contributed by atoms with Crippen LogP contribution in [0.3, 0.4) is 0 Å². The molecule has 0 aliphatic carbocycles. The summed E-state index contributed by atoms with van der Waals surface area (Å²) in [4.78, 5) is 14.6. The van der Waals surface area contributed by atoms with Crippen LogP contribution in [0.4, 0.5) is 5.69 Å². The van der Waals surface area contributed by atoms with Crippen molar-refractivity contribution in [1.82, 2.24) is 25.0 Å². The summed E-state index contributed by atoms with van der Waals surface area (Å²) in [6.45, 7) is 0. The number of nitro groups is 1. The molecule has 150 valence electrons. The number of benzene rings is 2. The van der Waals surface area contributed by atoms with E-state index in [1.165, 1.54) is 12.1 Å². The molecule has 0 amide bonds. The lowest BCUT2D eigenvalue weighted by atomic mass is 10.1. The Hall–Kier alpha value is -4.66. The van der Waals surface area contributed by atoms with Crippen LogP contribution < -0.4 is 0 Å². The standard InChI is InChI=1S/C22H14N6O3/c29-28(30)18-8-6-15(7-9-18)20-19(14-27(26-20)17-4-2-1-3-5-17)22-25-24-21(31-22)16-10-12-23-13-11-16/h1-14H. The maximum Gasteiger partial charge on any atom is 0.269 e. The number of para-hydroxylation sites is 1. The molecule has 2 aromatic carbocycles. The number of aromatic nitrogens is 5. The summed E-state index contributed by atoms with van der Waals surface area (Å²) in [5.41, 5.74) is 3.49. The van der Waals surface area contributed by atoms with Gasteiger partial charge in [-0.2, -0.15) is 5.10 Å². The van der Waals surface area contributed by atoms with Crippen LogP contribution in [-0.2, 0) is 0 Å². The van der Waals surface area contributed by atoms with Gasteiger partial charge in [0.2, 0.25) is 5.89 Å². The topological polar surface area (TPSA) is 113 Å². The summed E-state index contributed by atoms with van der Waals surface area (Å²) in [6, 6.07) is 19.3. The molecule has 9 nitrogen and oxygen atoms in total. The van der Waals surface area contributed by atoms with Gasteiger partial charge in [-0.05, 0) is 36.4 Å². The highest BCUT2D eigenvalue weighted by Crippen LogP contribution is 2.33. The normalized spacial score (nSPS) is 10.8. The molecule has 5 rings (SSSR count). The second-order valence-electron chi connectivity index (χ2n) is 6.62. The van der Waals surface area contributed by atoms with E-state index in [4.69, 9.17) is 9.52 Å². The Morgan fingerprint density at radius 2 is 1.55 bits per heavy atom. The first-order valence-electron chi connectivity index (χ1n) is 9.33. The predicted octanol–water partition coefficient (Wildman–Crippen LogP) is 4.56. The van der Waals surface area contributed by atoms with E-state index in [-0.39, 0.29) is 5.69 Å². The second-order valence-corrected chi connectivity index (χ2v) is 6.62. The molecule has 0 aliphatic rings. The Morgan fingerprint density at radius 3 is 2.26 bits per heavy atom. The van der Waals surface area contributed by atoms with E-state index < -0.39 is 4.92 Å². The quantitative estimate of drug-likeness (QED) is 0.308. The molecule has 0 saturated heterocycles. The number of non-ortho nitro benzene ring substituents is 1. The lowest BCUT2D eigenvalue weighted by Gasteiger charge is -2.00. The highest BCUT2D eigenvalue weighted by Gasteiger charge is 2.20. The Labute approximate surface area is 175 Å². The van der Waals surface area contributed by atoms with Crippen molar-refractivity contribution in [2.45, 2.75) is 0 Å². The van der Waals surface area contributed by atoms with Crippen molar-refractivity contribution in [2.75, 3.05) is 0 Å². The Kier molecular flexibility index (Phi) is 4.53. The van der Waals surface area contributed by atoms with Gasteiger partial charge in [0.25, 0.3) is 11.6 Å². The Balaban J connectivity index is 1.63. The minimum Gasteiger partial charge on any atom is -0.416 e. The largest absolute Gasteiger partial charge is 0.416 e. The lowest BCUT2D eigenvalue weighted by molar-refractivity contribution is -0.384. The molecule has 5 aromatic rings. The van der Waals surface area contributed by atoms with Gasteiger partial charge >= 0.3 is 0 Å². The molecule has 0 radical (unpaired) electrons. The highest BCUT2D eigenvalue weighted by molar-refractivity contribution is 5.77. The van der Waals surface area contributed by atoms with E-state index in [1.807, 2.05) is 30.3 Å². The third kappa shape index (κ3) is 3.55. The summed E-state index contributed by atoms with van der Waals surface area (Å²) in [6.07, 6.45) is 5.10. The van der Waals surface area contributed by atoms with Crippen LogP contribution in [0.1, 0.15) is 0 Å². The molecule has 0 atom stereocenters. The zero-order valence-electron chi connectivity index (χ0n) is 16.0. The molecular formula is C22H14N6O3. The molecule has 0 aliphatic heterocycles. The first-order valence-corrected chi connectivity index (χ1v) is 9.33. The number of rotatable bonds is 5. The molecule has 0 saturated carbocycles. The van der Waals surface area contributed by atoms with E-state index in [2.05, 4.69) is 15.2 Å². The lowest BCUT2D eigenvalue weighted by Crippen LogP contribution is -1.94. The average Bonchev–Trinajstić information content (AvgIpc) is 3.48. The Morgan fingerprint density at radius 1 is 0.839 bits per heavy atom. The number of hydrogen-bond acceptors (Lipinski definition) is 7. The zero-order valence-corrected chi connectivity index (χ0v) is 16.0. The van der Waals surface area contributed by atoms with Gasteiger partial charge < -0.3 is 4.42 Å². The van der Waals surface area contributed by atoms with Crippen molar-refractivity contribution in [3.8, 4) is 39.9 Å². The number of nitrogens with zero attached hydrogens (tertiary/aromatic N) is 6. The van der Waals surface area contributed by atoms with Crippen LogP contribution in [0, 0.1) is 10.1 Å². The summed E-state index contributed by atoms with van der Waals surface area (Å²) < 4.78 is 7.63. The van der Waals surface area contributed by atoms with Crippen LogP contribution >= 0.6 is 0 Å². The van der Waals surface area contributed by atoms with Crippen LogP contribution in [0.15, 0.2) is 89.7 Å². The van der Waals surface area contributed by atoms with Crippen LogP contribution in [0.25, 0.3) is 39.9 Å². The number of hydrogen-bond donors (Lipinski definition) is 0. The summed E-state index contributed by atoms with van der Waals surface area (Å²) >= 11 is 0. The summed E-state index contributed by atoms with van der Waals surface area (Å²) in [7, 11) is 0. The van der Waals surface area contributed by atoms with Crippen LogP contribution in [0.2, 0.25) is 0 Å². The molecule has 0 unspecified atom stereocenters. The fourth-order valence-electron chi connectivity index (χ4n) is 3.14. The Bertz CT molecular complexity index is 1350. The van der Waals surface area contributed by atoms with Gasteiger partial charge in [-0.1, -0.05) is 18.2 Å². The van der Waals surface area contributed by atoms with Crippen LogP contribution in [0.5, 0.6) is 0 Å². The molecule has 0 N–H and O–H groups in total. The molecule has 0 spiro atoms. The fraction of sp³-hybridized carbons (Fsp3) is 0. The van der Waals surface area contributed by atoms with E-state index in [9.17, 15) is 10.1 Å². The minimum absolute atomic E-state index is 0.00514. The van der Waals surface area contributed by atoms with E-state index in [0.717, 1.165) is 11.3 Å². The van der Waals surface area contributed by atoms with E-state index in [1.54, 1.807) is 47.5 Å². The van der Waals surface area contributed by atoms with Gasteiger partial charge in [-0.25, -0.2) is 4.68 Å². The van der Waals surface area contributed by atoms with Gasteiger partial charge in [0.05, 0.1) is 16.2 Å². The summed E-state index contributed by atoms with van der Waals surface area (Å²) in [5.74, 6) is 0.654.